The van der Waals surface area contributed by atoms with Crippen molar-refractivity contribution in [3.8, 4) is 5.88 Å². The maximum Gasteiger partial charge on any atom is 0.262 e. The number of hydrogen-bond acceptors (Lipinski definition) is 5. The Balaban J connectivity index is 1.09. The molecule has 5 nitrogen and oxygen atoms in total. The van der Waals surface area contributed by atoms with Crippen molar-refractivity contribution in [3.05, 3.63) is 24.3 Å². The van der Waals surface area contributed by atoms with Gasteiger partial charge in [0.1, 0.15) is 6.61 Å². The van der Waals surface area contributed by atoms with E-state index in [1.54, 1.807) is 0 Å². The normalized spacial score (nSPS) is 46.1. The molecule has 0 spiro atoms. The molecule has 2 aromatic rings. The Bertz CT molecular complexity index is 1160. The van der Waals surface area contributed by atoms with Crippen molar-refractivity contribution in [2.24, 2.45) is 46.3 Å². The number of fused-ring (bicyclic) bond motifs is 8. The molecule has 0 saturated heterocycles. The zero-order valence-electron chi connectivity index (χ0n) is 21.2. The minimum atomic E-state index is -0.322. The third kappa shape index (κ3) is 3.15. The van der Waals surface area contributed by atoms with Gasteiger partial charge in [0.15, 0.2) is 11.4 Å². The predicted octanol–water partition coefficient (Wildman–Crippen LogP) is 6.19. The summed E-state index contributed by atoms with van der Waals surface area (Å²) in [5, 5.41) is 15.7. The maximum atomic E-state index is 13.6. The first-order valence-corrected chi connectivity index (χ1v) is 14.1. The van der Waals surface area contributed by atoms with Crippen molar-refractivity contribution in [1.82, 2.24) is 5.16 Å². The molecule has 35 heavy (non-hydrogen) atoms. The molecule has 1 heterocycles. The molecule has 5 aliphatic carbocycles. The summed E-state index contributed by atoms with van der Waals surface area (Å²) in [6.07, 6.45) is 11.6. The monoisotopic (exact) mass is 477 g/mol. The van der Waals surface area contributed by atoms with Gasteiger partial charge < -0.3 is 14.4 Å². The van der Waals surface area contributed by atoms with E-state index < -0.39 is 0 Å². The van der Waals surface area contributed by atoms with Gasteiger partial charge in [-0.2, -0.15) is 0 Å². The van der Waals surface area contributed by atoms with Gasteiger partial charge in [-0.1, -0.05) is 32.4 Å². The fourth-order valence-corrected chi connectivity index (χ4v) is 10.1. The lowest BCUT2D eigenvalue weighted by Gasteiger charge is -2.63. The fourth-order valence-electron chi connectivity index (χ4n) is 10.1. The summed E-state index contributed by atoms with van der Waals surface area (Å²) < 4.78 is 11.3. The van der Waals surface area contributed by atoms with Gasteiger partial charge in [0.25, 0.3) is 5.88 Å². The minimum Gasteiger partial charge on any atom is -0.467 e. The second-order valence-corrected chi connectivity index (χ2v) is 13.2. The van der Waals surface area contributed by atoms with Crippen LogP contribution in [0.2, 0.25) is 0 Å². The van der Waals surface area contributed by atoms with Gasteiger partial charge in [0.2, 0.25) is 0 Å². The van der Waals surface area contributed by atoms with E-state index in [9.17, 15) is 9.90 Å². The van der Waals surface area contributed by atoms with E-state index in [0.717, 1.165) is 49.3 Å². The summed E-state index contributed by atoms with van der Waals surface area (Å²) in [6.45, 7) is 5.07. The van der Waals surface area contributed by atoms with Crippen LogP contribution in [0.4, 0.5) is 0 Å². The van der Waals surface area contributed by atoms with Crippen molar-refractivity contribution >= 4 is 16.8 Å². The first-order chi connectivity index (χ1) is 16.8. The van der Waals surface area contributed by atoms with E-state index in [-0.39, 0.29) is 29.3 Å². The van der Waals surface area contributed by atoms with Gasteiger partial charge in [-0.25, -0.2) is 0 Å². The number of rotatable bonds is 4. The molecule has 5 fully saturated rings. The second-order valence-electron chi connectivity index (χ2n) is 13.2. The maximum absolute atomic E-state index is 13.6. The molecular formula is C30H39NO4. The Morgan fingerprint density at radius 3 is 2.71 bits per heavy atom. The number of aromatic nitrogens is 1. The Morgan fingerprint density at radius 1 is 1.00 bits per heavy atom. The van der Waals surface area contributed by atoms with E-state index in [2.05, 4.69) is 19.0 Å². The van der Waals surface area contributed by atoms with E-state index in [0.29, 0.717) is 34.6 Å². The first-order valence-electron chi connectivity index (χ1n) is 14.1. The van der Waals surface area contributed by atoms with Crippen LogP contribution in [0.25, 0.3) is 11.0 Å². The minimum absolute atomic E-state index is 0.0733. The van der Waals surface area contributed by atoms with Gasteiger partial charge in [0.05, 0.1) is 11.0 Å². The molecule has 5 aliphatic rings. The van der Waals surface area contributed by atoms with Crippen LogP contribution in [-0.2, 0) is 4.79 Å². The SMILES string of the molecule is C[C@]12CC[C@]3(O)CC3[C@@H]1CC[C@@H]1[C@@H]2CC[C@]2(C)[C@@H](C(=O)COc3noc4ccccc34)CCC[C@@H]12. The Morgan fingerprint density at radius 2 is 1.83 bits per heavy atom. The fraction of sp³-hybridized carbons (Fsp3) is 0.733. The molecule has 5 saturated carbocycles. The van der Waals surface area contributed by atoms with Gasteiger partial charge >= 0.3 is 0 Å². The molecule has 0 radical (unpaired) electrons. The molecule has 7 rings (SSSR count). The summed E-state index contributed by atoms with van der Waals surface area (Å²) in [5.74, 6) is 4.13. The van der Waals surface area contributed by atoms with Gasteiger partial charge in [0, 0.05) is 5.92 Å². The molecule has 0 amide bonds. The van der Waals surface area contributed by atoms with Gasteiger partial charge in [-0.05, 0) is 115 Å². The highest BCUT2D eigenvalue weighted by atomic mass is 16.5. The molecule has 1 unspecified atom stereocenters. The van der Waals surface area contributed by atoms with E-state index in [1.807, 2.05) is 24.3 Å². The highest BCUT2D eigenvalue weighted by molar-refractivity contribution is 5.85. The molecule has 0 aliphatic heterocycles. The molecule has 5 heteroatoms. The van der Waals surface area contributed by atoms with Crippen molar-refractivity contribution in [1.29, 1.82) is 0 Å². The zero-order valence-corrected chi connectivity index (χ0v) is 21.2. The number of ether oxygens (including phenoxy) is 1. The lowest BCUT2D eigenvalue weighted by atomic mass is 9.41. The summed E-state index contributed by atoms with van der Waals surface area (Å²) in [6, 6.07) is 7.64. The number of benzene rings is 1. The molecule has 1 N–H and O–H groups in total. The Hall–Kier alpha value is -1.88. The van der Waals surface area contributed by atoms with Crippen molar-refractivity contribution in [2.75, 3.05) is 6.61 Å². The summed E-state index contributed by atoms with van der Waals surface area (Å²) in [4.78, 5) is 13.6. The van der Waals surface area contributed by atoms with Crippen LogP contribution in [0.15, 0.2) is 28.8 Å². The van der Waals surface area contributed by atoms with Gasteiger partial charge in [-0.15, -0.1) is 0 Å². The van der Waals surface area contributed by atoms with Crippen molar-refractivity contribution in [2.45, 2.75) is 83.7 Å². The third-order valence-electron chi connectivity index (χ3n) is 12.0. The van der Waals surface area contributed by atoms with E-state index in [1.165, 1.54) is 32.1 Å². The average Bonchev–Trinajstić information content (AvgIpc) is 3.37. The molecule has 1 aromatic carbocycles. The molecule has 0 bridgehead atoms. The topological polar surface area (TPSA) is 72.6 Å². The predicted molar refractivity (Wildman–Crippen MR) is 133 cm³/mol. The lowest BCUT2D eigenvalue weighted by Crippen LogP contribution is -2.57. The standard InChI is InChI=1S/C30H39NO4/c1-28-13-12-21-18(10-11-22-24-16-30(24,33)15-14-29(21,22)2)20(28)7-5-8-23(28)25(32)17-34-27-19-6-3-4-9-26(19)35-31-27/h3-4,6,9,18,20-24,33H,5,7-8,10-17H2,1-2H3/t18-,20-,21-,22-,23+,24?,28-,29+,30-/m0/s1. The summed E-state index contributed by atoms with van der Waals surface area (Å²) in [5.41, 5.74) is 0.822. The largest absolute Gasteiger partial charge is 0.467 e. The molecule has 9 atom stereocenters. The van der Waals surface area contributed by atoms with Crippen molar-refractivity contribution < 1.29 is 19.2 Å². The first kappa shape index (κ1) is 22.3. The number of aliphatic hydroxyl groups is 1. The number of carbonyl (C=O) groups excluding carboxylic acids is 1. The van der Waals surface area contributed by atoms with Crippen molar-refractivity contribution in [3.63, 3.8) is 0 Å². The van der Waals surface area contributed by atoms with Crippen LogP contribution in [0.3, 0.4) is 0 Å². The molecular weight excluding hydrogens is 438 g/mol. The Labute approximate surface area is 208 Å². The quantitative estimate of drug-likeness (QED) is 0.569. The zero-order chi connectivity index (χ0) is 24.0. The number of hydrogen-bond donors (Lipinski definition) is 1. The highest BCUT2D eigenvalue weighted by Gasteiger charge is 2.68. The van der Waals surface area contributed by atoms with Crippen LogP contribution in [0.1, 0.15) is 78.1 Å². The third-order valence-corrected chi connectivity index (χ3v) is 12.0. The summed E-state index contributed by atoms with van der Waals surface area (Å²) >= 11 is 0. The van der Waals surface area contributed by atoms with Crippen LogP contribution in [0.5, 0.6) is 5.88 Å². The van der Waals surface area contributed by atoms with Gasteiger partial charge in [-0.3, -0.25) is 4.79 Å². The number of ketones is 1. The molecule has 188 valence electrons. The Kier molecular flexibility index (Phi) is 4.83. The number of para-hydroxylation sites is 1. The average molecular weight is 478 g/mol. The number of nitrogens with zero attached hydrogens (tertiary/aromatic N) is 1. The number of carbonyl (C=O) groups is 1. The number of Topliss-reactive ketones (excluding diaryl/α,β-unsaturated/α-hetero) is 1. The highest BCUT2D eigenvalue weighted by Crippen LogP contribution is 2.72. The van der Waals surface area contributed by atoms with E-state index >= 15 is 0 Å². The van der Waals surface area contributed by atoms with Crippen LogP contribution >= 0.6 is 0 Å². The van der Waals surface area contributed by atoms with Crippen LogP contribution in [0, 0.1) is 46.3 Å². The van der Waals surface area contributed by atoms with Crippen LogP contribution < -0.4 is 4.74 Å². The van der Waals surface area contributed by atoms with E-state index in [4.69, 9.17) is 9.26 Å². The second kappa shape index (κ2) is 7.57. The van der Waals surface area contributed by atoms with Crippen LogP contribution in [-0.4, -0.2) is 28.3 Å². The molecule has 1 aromatic heterocycles. The lowest BCUT2D eigenvalue weighted by molar-refractivity contribution is -0.162. The smallest absolute Gasteiger partial charge is 0.262 e. The summed E-state index contributed by atoms with van der Waals surface area (Å²) in [7, 11) is 0.